The molecule has 0 aromatic heterocycles. The Labute approximate surface area is 253 Å². The second-order valence-electron chi connectivity index (χ2n) is 13.7. The van der Waals surface area contributed by atoms with E-state index < -0.39 is 29.3 Å². The summed E-state index contributed by atoms with van der Waals surface area (Å²) in [7, 11) is 0. The molecule has 1 saturated heterocycles. The maximum Gasteiger partial charge on any atom is 0.309 e. The SMILES string of the molecule is CC(=O)Oc1c(C)c(C)c2c(c1C)CC1(OC(=O)CCC(=O)O1)C(C)(CCCC(C)CCCC(C)CCCC(C)C)O2. The van der Waals surface area contributed by atoms with Crippen LogP contribution in [0.3, 0.4) is 0 Å². The second kappa shape index (κ2) is 14.3. The number of esters is 3. The smallest absolute Gasteiger partial charge is 0.309 e. The lowest BCUT2D eigenvalue weighted by Gasteiger charge is -2.49. The average molecular weight is 587 g/mol. The molecule has 1 spiro atoms. The molecule has 0 saturated carbocycles. The van der Waals surface area contributed by atoms with E-state index in [0.717, 1.165) is 41.4 Å². The lowest BCUT2D eigenvalue weighted by atomic mass is 9.78. The minimum absolute atomic E-state index is 0.0267. The Kier molecular flexibility index (Phi) is 11.5. The van der Waals surface area contributed by atoms with Crippen molar-refractivity contribution in [2.45, 2.75) is 151 Å². The fourth-order valence-corrected chi connectivity index (χ4v) is 6.52. The summed E-state index contributed by atoms with van der Waals surface area (Å²) in [6.45, 7) is 18.2. The van der Waals surface area contributed by atoms with Crippen molar-refractivity contribution >= 4 is 17.9 Å². The summed E-state index contributed by atoms with van der Waals surface area (Å²) in [5.41, 5.74) is 2.04. The van der Waals surface area contributed by atoms with Crippen molar-refractivity contribution in [3.8, 4) is 11.5 Å². The largest absolute Gasteiger partial charge is 0.479 e. The molecule has 0 amide bonds. The highest BCUT2D eigenvalue weighted by Gasteiger charge is 2.61. The number of ether oxygens (including phenoxy) is 4. The zero-order valence-corrected chi connectivity index (χ0v) is 27.6. The van der Waals surface area contributed by atoms with Gasteiger partial charge >= 0.3 is 17.9 Å². The Morgan fingerprint density at radius 2 is 1.31 bits per heavy atom. The maximum atomic E-state index is 12.8. The van der Waals surface area contributed by atoms with Gasteiger partial charge in [0.1, 0.15) is 11.5 Å². The van der Waals surface area contributed by atoms with E-state index in [1.807, 2.05) is 27.7 Å². The Hall–Kier alpha value is -2.57. The van der Waals surface area contributed by atoms with Crippen LogP contribution in [-0.4, -0.2) is 29.3 Å². The van der Waals surface area contributed by atoms with Gasteiger partial charge in [-0.15, -0.1) is 0 Å². The Morgan fingerprint density at radius 3 is 1.83 bits per heavy atom. The molecule has 2 heterocycles. The topological polar surface area (TPSA) is 88.1 Å². The first kappa shape index (κ1) is 33.9. The van der Waals surface area contributed by atoms with E-state index >= 15 is 0 Å². The molecule has 0 radical (unpaired) electrons. The zero-order chi connectivity index (χ0) is 31.2. The van der Waals surface area contributed by atoms with E-state index in [0.29, 0.717) is 29.4 Å². The zero-order valence-electron chi connectivity index (χ0n) is 27.6. The molecule has 0 aliphatic carbocycles. The lowest BCUT2D eigenvalue weighted by Crippen LogP contribution is -2.63. The molecule has 0 N–H and O–H groups in total. The highest BCUT2D eigenvalue weighted by atomic mass is 16.8. The van der Waals surface area contributed by atoms with Gasteiger partial charge in [0.25, 0.3) is 5.79 Å². The molecule has 3 unspecified atom stereocenters. The van der Waals surface area contributed by atoms with Crippen LogP contribution in [0.4, 0.5) is 0 Å². The van der Waals surface area contributed by atoms with Gasteiger partial charge in [0.05, 0.1) is 19.3 Å². The van der Waals surface area contributed by atoms with Gasteiger partial charge in [-0.3, -0.25) is 14.4 Å². The van der Waals surface area contributed by atoms with E-state index in [1.165, 1.54) is 45.4 Å². The summed E-state index contributed by atoms with van der Waals surface area (Å²) in [4.78, 5) is 37.5. The van der Waals surface area contributed by atoms with Crippen LogP contribution >= 0.6 is 0 Å². The molecule has 1 aromatic rings. The number of rotatable bonds is 13. The van der Waals surface area contributed by atoms with Crippen LogP contribution < -0.4 is 9.47 Å². The van der Waals surface area contributed by atoms with Crippen LogP contribution in [0.15, 0.2) is 0 Å². The number of benzene rings is 1. The lowest BCUT2D eigenvalue weighted by molar-refractivity contribution is -0.285. The summed E-state index contributed by atoms with van der Waals surface area (Å²) in [5, 5.41) is 0. The Bertz CT molecular complexity index is 1120. The monoisotopic (exact) mass is 586 g/mol. The number of carbonyl (C=O) groups excluding carboxylic acids is 3. The van der Waals surface area contributed by atoms with Gasteiger partial charge in [0.15, 0.2) is 5.60 Å². The minimum Gasteiger partial charge on any atom is -0.479 e. The maximum absolute atomic E-state index is 12.8. The van der Waals surface area contributed by atoms with Crippen LogP contribution in [0.2, 0.25) is 0 Å². The molecule has 42 heavy (non-hydrogen) atoms. The van der Waals surface area contributed by atoms with Gasteiger partial charge in [-0.25, -0.2) is 0 Å². The average Bonchev–Trinajstić information content (AvgIpc) is 3.04. The summed E-state index contributed by atoms with van der Waals surface area (Å²) >= 11 is 0. The first-order chi connectivity index (χ1) is 19.7. The van der Waals surface area contributed by atoms with E-state index in [2.05, 4.69) is 27.7 Å². The quantitative estimate of drug-likeness (QED) is 0.170. The van der Waals surface area contributed by atoms with E-state index in [9.17, 15) is 14.4 Å². The van der Waals surface area contributed by atoms with Crippen LogP contribution in [-0.2, 0) is 30.3 Å². The van der Waals surface area contributed by atoms with Gasteiger partial charge < -0.3 is 18.9 Å². The summed E-state index contributed by atoms with van der Waals surface area (Å²) in [5.74, 6) is 0.286. The molecule has 3 atom stereocenters. The van der Waals surface area contributed by atoms with Crippen LogP contribution in [0.5, 0.6) is 11.5 Å². The summed E-state index contributed by atoms with van der Waals surface area (Å²) < 4.78 is 24.4. The van der Waals surface area contributed by atoms with Crippen molar-refractivity contribution in [1.82, 2.24) is 0 Å². The third-order valence-electron chi connectivity index (χ3n) is 9.41. The van der Waals surface area contributed by atoms with E-state index in [4.69, 9.17) is 18.9 Å². The second-order valence-corrected chi connectivity index (χ2v) is 13.7. The predicted molar refractivity (Wildman–Crippen MR) is 164 cm³/mol. The van der Waals surface area contributed by atoms with Crippen molar-refractivity contribution in [2.75, 3.05) is 0 Å². The molecule has 7 heteroatoms. The predicted octanol–water partition coefficient (Wildman–Crippen LogP) is 8.25. The standard InChI is InChI=1S/C35H54O7/c1-22(2)13-10-14-23(3)15-11-16-24(4)17-12-20-34(9)35(40-30(37)18-19-31(38)41-35)21-29-27(7)32(39-28(8)36)25(5)26(6)33(29)42-34/h22-24H,10-21H2,1-9H3. The summed E-state index contributed by atoms with van der Waals surface area (Å²) in [6.07, 6.45) is 10.1. The molecular formula is C35H54O7. The fourth-order valence-electron chi connectivity index (χ4n) is 6.52. The van der Waals surface area contributed by atoms with Crippen molar-refractivity contribution in [3.63, 3.8) is 0 Å². The number of carbonyl (C=O) groups is 3. The van der Waals surface area contributed by atoms with Crippen molar-refractivity contribution in [2.24, 2.45) is 17.8 Å². The fraction of sp³-hybridized carbons (Fsp3) is 0.743. The van der Waals surface area contributed by atoms with Gasteiger partial charge in [-0.1, -0.05) is 72.6 Å². The summed E-state index contributed by atoms with van der Waals surface area (Å²) in [6, 6.07) is 0. The molecule has 0 bridgehead atoms. The van der Waals surface area contributed by atoms with E-state index in [-0.39, 0.29) is 19.3 Å². The number of fused-ring (bicyclic) bond motifs is 1. The highest BCUT2D eigenvalue weighted by molar-refractivity contribution is 5.80. The van der Waals surface area contributed by atoms with Crippen LogP contribution in [0.1, 0.15) is 134 Å². The molecule has 2 aliphatic heterocycles. The normalized spacial score (nSPS) is 21.2. The molecule has 236 valence electrons. The molecule has 3 rings (SSSR count). The first-order valence-electron chi connectivity index (χ1n) is 16.1. The molecule has 1 aromatic carbocycles. The molecule has 2 aliphatic rings. The third-order valence-corrected chi connectivity index (χ3v) is 9.41. The van der Waals surface area contributed by atoms with Crippen LogP contribution in [0, 0.1) is 38.5 Å². The minimum atomic E-state index is -1.60. The van der Waals surface area contributed by atoms with Gasteiger partial charge in [0.2, 0.25) is 0 Å². The third kappa shape index (κ3) is 8.08. The van der Waals surface area contributed by atoms with Crippen molar-refractivity contribution < 1.29 is 33.3 Å². The van der Waals surface area contributed by atoms with Gasteiger partial charge in [-0.2, -0.15) is 0 Å². The molecule has 1 fully saturated rings. The Balaban J connectivity index is 1.77. The van der Waals surface area contributed by atoms with Crippen LogP contribution in [0.25, 0.3) is 0 Å². The van der Waals surface area contributed by atoms with Crippen molar-refractivity contribution in [3.05, 3.63) is 22.3 Å². The first-order valence-corrected chi connectivity index (χ1v) is 16.1. The number of hydrogen-bond donors (Lipinski definition) is 0. The molecular weight excluding hydrogens is 532 g/mol. The van der Waals surface area contributed by atoms with Gasteiger partial charge in [0, 0.05) is 12.5 Å². The molecule has 7 nitrogen and oxygen atoms in total. The highest BCUT2D eigenvalue weighted by Crippen LogP contribution is 2.51. The van der Waals surface area contributed by atoms with Gasteiger partial charge in [-0.05, 0) is 75.0 Å². The van der Waals surface area contributed by atoms with Crippen molar-refractivity contribution in [1.29, 1.82) is 0 Å². The van der Waals surface area contributed by atoms with E-state index in [1.54, 1.807) is 0 Å². The number of hydrogen-bond acceptors (Lipinski definition) is 7. The Morgan fingerprint density at radius 1 is 0.786 bits per heavy atom.